The van der Waals surface area contributed by atoms with Crippen molar-refractivity contribution in [2.45, 2.75) is 12.0 Å². The molecule has 9 aromatic carbocycles. The maximum atomic E-state index is 6.56. The number of fused-ring (bicyclic) bond motifs is 6. The van der Waals surface area contributed by atoms with Crippen LogP contribution in [0.15, 0.2) is 247 Å². The Morgan fingerprint density at radius 1 is 0.382 bits per heavy atom. The molecule has 0 bridgehead atoms. The minimum Gasteiger partial charge on any atom is -0.455 e. The molecule has 12 aromatic rings. The van der Waals surface area contributed by atoms with Crippen molar-refractivity contribution in [3.8, 4) is 56.2 Å². The van der Waals surface area contributed by atoms with Gasteiger partial charge in [-0.15, -0.1) is 0 Å². The van der Waals surface area contributed by atoms with E-state index in [4.69, 9.17) is 19.4 Å². The molecule has 0 saturated carbocycles. The van der Waals surface area contributed by atoms with Crippen LogP contribution in [-0.2, 0) is 0 Å². The summed E-state index contributed by atoms with van der Waals surface area (Å²) in [5.74, 6) is 1.82. The van der Waals surface area contributed by atoms with Crippen LogP contribution in [0.1, 0.15) is 23.3 Å². The number of furan rings is 1. The molecule has 2 atom stereocenters. The summed E-state index contributed by atoms with van der Waals surface area (Å²) in [4.78, 5) is 15.7. The summed E-state index contributed by atoms with van der Waals surface area (Å²) < 4.78 is 9.09. The highest BCUT2D eigenvalue weighted by atomic mass is 16.3. The van der Waals surface area contributed by atoms with Crippen LogP contribution in [0.4, 0.5) is 0 Å². The second-order valence-electron chi connectivity index (χ2n) is 17.5. The van der Waals surface area contributed by atoms with Crippen LogP contribution in [0, 0.1) is 0 Å². The zero-order chi connectivity index (χ0) is 45.0. The number of para-hydroxylation sites is 3. The summed E-state index contributed by atoms with van der Waals surface area (Å²) in [6.07, 6.45) is 6.92. The van der Waals surface area contributed by atoms with E-state index in [9.17, 15) is 0 Å². The average Bonchev–Trinajstić information content (AvgIpc) is 3.97. The molecule has 3 heterocycles. The first kappa shape index (κ1) is 39.4. The van der Waals surface area contributed by atoms with Crippen molar-refractivity contribution in [1.82, 2.24) is 19.5 Å². The molecule has 5 heteroatoms. The summed E-state index contributed by atoms with van der Waals surface area (Å²) in [7, 11) is 0. The van der Waals surface area contributed by atoms with Gasteiger partial charge in [0.1, 0.15) is 11.2 Å². The minimum absolute atomic E-state index is 0.0572. The lowest BCUT2D eigenvalue weighted by molar-refractivity contribution is 0.577. The Balaban J connectivity index is 0.945. The Labute approximate surface area is 393 Å². The molecule has 3 aromatic heterocycles. The standard InChI is InChI=1S/C63H42N4O/c1-4-17-41(18-5-1)44-23-14-24-45(37-44)46-25-15-26-48(38-46)62-64-61(43-21-8-3-9-22-43)65-63(66-62)49-34-36-57(55(39-49)42-19-6-2-7-20-42)67-56-31-12-10-27-51(56)52-35-33-47(40-58(52)67)50-29-16-30-54-53-28-11-13-32-59(53)68-60(50)54/h1-40,55,57H. The number of allylic oxidation sites excluding steroid dienone is 4. The van der Waals surface area contributed by atoms with Crippen molar-refractivity contribution in [1.29, 1.82) is 0 Å². The van der Waals surface area contributed by atoms with Gasteiger partial charge in [0, 0.05) is 55.2 Å². The fourth-order valence-corrected chi connectivity index (χ4v) is 10.2. The van der Waals surface area contributed by atoms with Crippen molar-refractivity contribution in [3.63, 3.8) is 0 Å². The third-order valence-electron chi connectivity index (χ3n) is 13.5. The predicted molar refractivity (Wildman–Crippen MR) is 279 cm³/mol. The molecule has 13 rings (SSSR count). The van der Waals surface area contributed by atoms with Gasteiger partial charge in [-0.1, -0.05) is 212 Å². The molecule has 2 unspecified atom stereocenters. The maximum absolute atomic E-state index is 6.56. The van der Waals surface area contributed by atoms with Crippen LogP contribution in [0.3, 0.4) is 0 Å². The van der Waals surface area contributed by atoms with Gasteiger partial charge in [0.2, 0.25) is 0 Å². The summed E-state index contributed by atoms with van der Waals surface area (Å²) in [6, 6.07) is 79.1. The molecule has 0 fully saturated rings. The quantitative estimate of drug-likeness (QED) is 0.153. The van der Waals surface area contributed by atoms with E-state index < -0.39 is 0 Å². The molecule has 0 saturated heterocycles. The molecular weight excluding hydrogens is 829 g/mol. The average molecular weight is 871 g/mol. The van der Waals surface area contributed by atoms with Crippen molar-refractivity contribution in [3.05, 3.63) is 254 Å². The highest BCUT2D eigenvalue weighted by Crippen LogP contribution is 2.45. The van der Waals surface area contributed by atoms with Gasteiger partial charge in [-0.2, -0.15) is 0 Å². The zero-order valence-electron chi connectivity index (χ0n) is 36.9. The molecular formula is C63H42N4O. The van der Waals surface area contributed by atoms with Crippen LogP contribution in [0.2, 0.25) is 0 Å². The van der Waals surface area contributed by atoms with Crippen LogP contribution in [0.5, 0.6) is 0 Å². The van der Waals surface area contributed by atoms with Gasteiger partial charge in [0.15, 0.2) is 17.5 Å². The van der Waals surface area contributed by atoms with E-state index in [1.165, 1.54) is 33.0 Å². The molecule has 1 aliphatic rings. The minimum atomic E-state index is -0.0703. The second-order valence-corrected chi connectivity index (χ2v) is 17.5. The number of nitrogens with zero attached hydrogens (tertiary/aromatic N) is 4. The molecule has 5 nitrogen and oxygen atoms in total. The number of aromatic nitrogens is 4. The van der Waals surface area contributed by atoms with E-state index in [-0.39, 0.29) is 12.0 Å². The van der Waals surface area contributed by atoms with E-state index in [1.54, 1.807) is 0 Å². The first-order valence-corrected chi connectivity index (χ1v) is 23.2. The summed E-state index contributed by atoms with van der Waals surface area (Å²) >= 11 is 0. The van der Waals surface area contributed by atoms with Gasteiger partial charge in [-0.05, 0) is 63.7 Å². The third kappa shape index (κ3) is 6.92. The first-order chi connectivity index (χ1) is 33.7. The van der Waals surface area contributed by atoms with Crippen LogP contribution in [-0.4, -0.2) is 19.5 Å². The Hall–Kier alpha value is -8.93. The van der Waals surface area contributed by atoms with Gasteiger partial charge in [0.25, 0.3) is 0 Å². The van der Waals surface area contributed by atoms with Crippen molar-refractivity contribution in [2.24, 2.45) is 0 Å². The van der Waals surface area contributed by atoms with E-state index in [0.717, 1.165) is 66.4 Å². The van der Waals surface area contributed by atoms with Gasteiger partial charge < -0.3 is 8.98 Å². The van der Waals surface area contributed by atoms with Crippen LogP contribution in [0.25, 0.3) is 105 Å². The largest absolute Gasteiger partial charge is 0.455 e. The van der Waals surface area contributed by atoms with Crippen molar-refractivity contribution < 1.29 is 4.42 Å². The van der Waals surface area contributed by atoms with Gasteiger partial charge in [-0.3, -0.25) is 0 Å². The van der Waals surface area contributed by atoms with Crippen molar-refractivity contribution in [2.75, 3.05) is 0 Å². The zero-order valence-corrected chi connectivity index (χ0v) is 36.9. The van der Waals surface area contributed by atoms with Crippen LogP contribution < -0.4 is 0 Å². The number of hydrogen-bond donors (Lipinski definition) is 0. The lowest BCUT2D eigenvalue weighted by Gasteiger charge is -2.29. The molecule has 1 aliphatic carbocycles. The Morgan fingerprint density at radius 3 is 1.72 bits per heavy atom. The second kappa shape index (κ2) is 16.5. The number of hydrogen-bond acceptors (Lipinski definition) is 4. The Bertz CT molecular complexity index is 3920. The number of rotatable bonds is 8. The van der Waals surface area contributed by atoms with E-state index in [2.05, 4.69) is 217 Å². The SMILES string of the molecule is C1=CC(n2c3ccccc3c3ccc(-c4cccc5c4oc4ccccc45)cc32)C(c2ccccc2)C=C1c1nc(-c2ccccc2)nc(-c2cccc(-c3cccc(-c4ccccc4)c3)c2)n1. The fourth-order valence-electron chi connectivity index (χ4n) is 10.2. The molecule has 0 spiro atoms. The monoisotopic (exact) mass is 870 g/mol. The fraction of sp³-hybridized carbons (Fsp3) is 0.0317. The smallest absolute Gasteiger partial charge is 0.164 e. The predicted octanol–water partition coefficient (Wildman–Crippen LogP) is 16.2. The van der Waals surface area contributed by atoms with Gasteiger partial charge >= 0.3 is 0 Å². The molecule has 0 N–H and O–H groups in total. The van der Waals surface area contributed by atoms with Gasteiger partial charge in [-0.25, -0.2) is 15.0 Å². The lowest BCUT2D eigenvalue weighted by Crippen LogP contribution is -2.18. The molecule has 68 heavy (non-hydrogen) atoms. The first-order valence-electron chi connectivity index (χ1n) is 23.2. The summed E-state index contributed by atoms with van der Waals surface area (Å²) in [5, 5.41) is 4.67. The van der Waals surface area contributed by atoms with E-state index in [1.807, 2.05) is 30.3 Å². The van der Waals surface area contributed by atoms with Gasteiger partial charge in [0.05, 0.1) is 11.6 Å². The molecule has 0 amide bonds. The van der Waals surface area contributed by atoms with E-state index in [0.29, 0.717) is 17.5 Å². The maximum Gasteiger partial charge on any atom is 0.164 e. The summed E-state index contributed by atoms with van der Waals surface area (Å²) in [6.45, 7) is 0. The molecule has 0 radical (unpaired) electrons. The van der Waals surface area contributed by atoms with E-state index >= 15 is 0 Å². The van der Waals surface area contributed by atoms with Crippen LogP contribution >= 0.6 is 0 Å². The highest BCUT2D eigenvalue weighted by molar-refractivity contribution is 6.12. The third-order valence-corrected chi connectivity index (χ3v) is 13.5. The number of benzene rings is 9. The summed E-state index contributed by atoms with van der Waals surface area (Å²) in [5.41, 5.74) is 14.9. The molecule has 0 aliphatic heterocycles. The van der Waals surface area contributed by atoms with Crippen molar-refractivity contribution >= 4 is 49.3 Å². The normalized spacial score (nSPS) is 14.8. The topological polar surface area (TPSA) is 56.7 Å². The Kier molecular flexibility index (Phi) is 9.57. The molecule has 320 valence electrons. The highest BCUT2D eigenvalue weighted by Gasteiger charge is 2.29. The lowest BCUT2D eigenvalue weighted by atomic mass is 9.85. The Morgan fingerprint density at radius 2 is 0.941 bits per heavy atom.